The van der Waals surface area contributed by atoms with Gasteiger partial charge in [0.25, 0.3) is 0 Å². The summed E-state index contributed by atoms with van der Waals surface area (Å²) in [5, 5.41) is 2.16. The maximum Gasteiger partial charge on any atom is 0.305 e. The summed E-state index contributed by atoms with van der Waals surface area (Å²) in [4.78, 5) is 11.6. The fourth-order valence-corrected chi connectivity index (χ4v) is 1.99. The molecule has 0 aliphatic rings. The zero-order chi connectivity index (χ0) is 16.0. The maximum absolute atomic E-state index is 11.6. The lowest BCUT2D eigenvalue weighted by atomic mass is 10.0. The molecule has 0 amide bonds. The lowest BCUT2D eigenvalue weighted by molar-refractivity contribution is -0.697. The van der Waals surface area contributed by atoms with E-state index in [-0.39, 0.29) is 11.5 Å². The average Bonchev–Trinajstić information content (AvgIpc) is 2.45. The minimum Gasteiger partial charge on any atom is -0.465 e. The first-order chi connectivity index (χ1) is 10.0. The van der Waals surface area contributed by atoms with Crippen molar-refractivity contribution in [2.75, 3.05) is 13.7 Å². The number of quaternary nitrogens is 1. The van der Waals surface area contributed by atoms with Crippen LogP contribution in [0.2, 0.25) is 0 Å². The third-order valence-electron chi connectivity index (χ3n) is 3.94. The number of esters is 1. The largest absolute Gasteiger partial charge is 0.465 e. The highest BCUT2D eigenvalue weighted by molar-refractivity contribution is 5.69. The van der Waals surface area contributed by atoms with E-state index in [1.807, 2.05) is 0 Å². The van der Waals surface area contributed by atoms with E-state index >= 15 is 0 Å². The Morgan fingerprint density at radius 2 is 1.76 bits per heavy atom. The van der Waals surface area contributed by atoms with Gasteiger partial charge in [-0.1, -0.05) is 38.3 Å². The normalized spacial score (nSPS) is 12.0. The van der Waals surface area contributed by atoms with Gasteiger partial charge in [-0.15, -0.1) is 0 Å². The van der Waals surface area contributed by atoms with Crippen molar-refractivity contribution in [2.45, 2.75) is 84.1 Å². The molecule has 124 valence electrons. The number of hydrogen-bond acceptors (Lipinski definition) is 2. The number of hydrogen-bond donors (Lipinski definition) is 1. The molecule has 0 fully saturated rings. The van der Waals surface area contributed by atoms with Gasteiger partial charge in [0, 0.05) is 12.8 Å². The van der Waals surface area contributed by atoms with E-state index in [1.165, 1.54) is 25.7 Å². The Kier molecular flexibility index (Phi) is 12.4. The van der Waals surface area contributed by atoms with Crippen molar-refractivity contribution in [2.24, 2.45) is 0 Å². The Balaban J connectivity index is 3.36. The van der Waals surface area contributed by atoms with Crippen LogP contribution in [0.15, 0.2) is 12.2 Å². The molecule has 0 spiro atoms. The Bertz CT molecular complexity index is 285. The molecule has 0 aliphatic carbocycles. The third kappa shape index (κ3) is 13.9. The van der Waals surface area contributed by atoms with Crippen molar-refractivity contribution in [1.29, 1.82) is 0 Å². The molecule has 0 rings (SSSR count). The molecule has 2 N–H and O–H groups in total. The zero-order valence-corrected chi connectivity index (χ0v) is 14.6. The van der Waals surface area contributed by atoms with E-state index in [4.69, 9.17) is 4.74 Å². The van der Waals surface area contributed by atoms with Crippen molar-refractivity contribution < 1.29 is 14.8 Å². The van der Waals surface area contributed by atoms with Gasteiger partial charge in [-0.05, 0) is 39.5 Å². The summed E-state index contributed by atoms with van der Waals surface area (Å²) in [6.07, 6.45) is 14.2. The van der Waals surface area contributed by atoms with Crippen molar-refractivity contribution >= 4 is 5.97 Å². The third-order valence-corrected chi connectivity index (χ3v) is 3.94. The topological polar surface area (TPSA) is 42.9 Å². The number of unbranched alkanes of at least 4 members (excludes halogenated alkanes) is 5. The maximum atomic E-state index is 11.6. The van der Waals surface area contributed by atoms with E-state index in [1.54, 1.807) is 0 Å². The van der Waals surface area contributed by atoms with Crippen LogP contribution in [0, 0.1) is 0 Å². The summed E-state index contributed by atoms with van der Waals surface area (Å²) < 4.78 is 5.28. The SMILES string of the molecule is CC/C=C/CCCCCCCC(=O)OCCC(C)(C)[NH2+]C. The monoisotopic (exact) mass is 298 g/mol. The Hall–Kier alpha value is -0.830. The van der Waals surface area contributed by atoms with E-state index in [2.05, 4.69) is 45.3 Å². The van der Waals surface area contributed by atoms with Crippen molar-refractivity contribution in [1.82, 2.24) is 0 Å². The predicted molar refractivity (Wildman–Crippen MR) is 89.3 cm³/mol. The molecule has 0 aromatic carbocycles. The lowest BCUT2D eigenvalue weighted by Gasteiger charge is -2.19. The number of rotatable bonds is 13. The van der Waals surface area contributed by atoms with Crippen LogP contribution in [0.1, 0.15) is 78.6 Å². The molecule has 0 radical (unpaired) electrons. The summed E-state index contributed by atoms with van der Waals surface area (Å²) in [6.45, 7) is 7.03. The number of ether oxygens (including phenoxy) is 1. The smallest absolute Gasteiger partial charge is 0.305 e. The molecule has 0 aromatic heterocycles. The summed E-state index contributed by atoms with van der Waals surface area (Å²) >= 11 is 0. The van der Waals surface area contributed by atoms with Crippen LogP contribution in [0.4, 0.5) is 0 Å². The minimum atomic E-state index is -0.0345. The van der Waals surface area contributed by atoms with Crippen molar-refractivity contribution in [3.63, 3.8) is 0 Å². The quantitative estimate of drug-likeness (QED) is 0.321. The number of allylic oxidation sites excluding steroid dienone is 2. The molecule has 0 bridgehead atoms. The van der Waals surface area contributed by atoms with Crippen LogP contribution in [0.5, 0.6) is 0 Å². The Morgan fingerprint density at radius 1 is 1.10 bits per heavy atom. The highest BCUT2D eigenvalue weighted by Crippen LogP contribution is 2.09. The number of carbonyl (C=O) groups excluding carboxylic acids is 1. The molecule has 3 nitrogen and oxygen atoms in total. The molecule has 0 heterocycles. The van der Waals surface area contributed by atoms with Crippen LogP contribution in [-0.4, -0.2) is 25.2 Å². The molecule has 0 unspecified atom stereocenters. The highest BCUT2D eigenvalue weighted by Gasteiger charge is 2.18. The first kappa shape index (κ1) is 20.2. The highest BCUT2D eigenvalue weighted by atomic mass is 16.5. The van der Waals surface area contributed by atoms with Gasteiger partial charge in [0.05, 0.1) is 19.2 Å². The molecular formula is C18H36NO2+. The van der Waals surface area contributed by atoms with E-state index in [0.29, 0.717) is 13.0 Å². The summed E-state index contributed by atoms with van der Waals surface area (Å²) in [5.74, 6) is -0.0345. The molecular weight excluding hydrogens is 262 g/mol. The van der Waals surface area contributed by atoms with Crippen LogP contribution in [0.3, 0.4) is 0 Å². The second-order valence-electron chi connectivity index (χ2n) is 6.43. The van der Waals surface area contributed by atoms with Gasteiger partial charge in [-0.2, -0.15) is 0 Å². The second-order valence-corrected chi connectivity index (χ2v) is 6.43. The van der Waals surface area contributed by atoms with E-state index < -0.39 is 0 Å². The van der Waals surface area contributed by atoms with Crippen molar-refractivity contribution in [3.05, 3.63) is 12.2 Å². The lowest BCUT2D eigenvalue weighted by Crippen LogP contribution is -2.91. The summed E-state index contributed by atoms with van der Waals surface area (Å²) in [7, 11) is 2.06. The predicted octanol–water partition coefficient (Wildman–Crippen LogP) is 3.59. The number of nitrogens with two attached hydrogens (primary N) is 1. The van der Waals surface area contributed by atoms with Gasteiger partial charge in [-0.25, -0.2) is 0 Å². The first-order valence-electron chi connectivity index (χ1n) is 8.63. The molecule has 0 aromatic rings. The molecule has 0 aliphatic heterocycles. The zero-order valence-electron chi connectivity index (χ0n) is 14.6. The van der Waals surface area contributed by atoms with Gasteiger partial charge < -0.3 is 10.1 Å². The molecule has 0 saturated carbocycles. The van der Waals surface area contributed by atoms with Gasteiger partial charge in [0.15, 0.2) is 0 Å². The Labute approximate surface area is 131 Å². The van der Waals surface area contributed by atoms with Crippen molar-refractivity contribution in [3.8, 4) is 0 Å². The van der Waals surface area contributed by atoms with E-state index in [9.17, 15) is 4.79 Å². The minimum absolute atomic E-state index is 0.0345. The summed E-state index contributed by atoms with van der Waals surface area (Å²) in [6, 6.07) is 0. The fourth-order valence-electron chi connectivity index (χ4n) is 1.99. The van der Waals surface area contributed by atoms with Gasteiger partial charge in [-0.3, -0.25) is 4.79 Å². The average molecular weight is 298 g/mol. The van der Waals surface area contributed by atoms with Crippen LogP contribution in [0.25, 0.3) is 0 Å². The Morgan fingerprint density at radius 3 is 2.43 bits per heavy atom. The van der Waals surface area contributed by atoms with E-state index in [0.717, 1.165) is 25.7 Å². The fraction of sp³-hybridized carbons (Fsp3) is 0.833. The molecule has 21 heavy (non-hydrogen) atoms. The number of carbonyl (C=O) groups is 1. The van der Waals surface area contributed by atoms with Crippen LogP contribution >= 0.6 is 0 Å². The second kappa shape index (κ2) is 12.9. The molecule has 3 heteroatoms. The van der Waals surface area contributed by atoms with Gasteiger partial charge >= 0.3 is 5.97 Å². The first-order valence-corrected chi connectivity index (χ1v) is 8.63. The van der Waals surface area contributed by atoms with Crippen LogP contribution in [-0.2, 0) is 9.53 Å². The molecule has 0 saturated heterocycles. The molecule has 0 atom stereocenters. The van der Waals surface area contributed by atoms with Gasteiger partial charge in [0.2, 0.25) is 0 Å². The summed E-state index contributed by atoms with van der Waals surface area (Å²) in [5.41, 5.74) is 0.159. The van der Waals surface area contributed by atoms with Gasteiger partial charge in [0.1, 0.15) is 0 Å². The standard InChI is InChI=1S/C18H35NO2/c1-5-6-7-8-9-10-11-12-13-14-17(20)21-16-15-18(2,3)19-4/h6-7,19H,5,8-16H2,1-4H3/p+1/b7-6+. The van der Waals surface area contributed by atoms with Crippen LogP contribution < -0.4 is 5.32 Å².